The molecule has 0 unspecified atom stereocenters. The van der Waals surface area contributed by atoms with Crippen LogP contribution < -0.4 is 5.32 Å². The second-order valence-corrected chi connectivity index (χ2v) is 2.99. The SMILES string of the molecule is CN/C=C(\C)c1cccc(C)c1. The monoisotopic (exact) mass is 161 g/mol. The summed E-state index contributed by atoms with van der Waals surface area (Å²) in [4.78, 5) is 0. The first-order chi connectivity index (χ1) is 5.74. The summed E-state index contributed by atoms with van der Waals surface area (Å²) < 4.78 is 0. The van der Waals surface area contributed by atoms with E-state index in [4.69, 9.17) is 0 Å². The fraction of sp³-hybridized carbons (Fsp3) is 0.273. The third kappa shape index (κ3) is 2.12. The van der Waals surface area contributed by atoms with Crippen molar-refractivity contribution in [2.24, 2.45) is 0 Å². The molecule has 0 amide bonds. The summed E-state index contributed by atoms with van der Waals surface area (Å²) >= 11 is 0. The van der Waals surface area contributed by atoms with E-state index in [1.54, 1.807) is 0 Å². The number of benzene rings is 1. The number of rotatable bonds is 2. The van der Waals surface area contributed by atoms with Crippen LogP contribution in [0.3, 0.4) is 0 Å². The molecule has 1 rings (SSSR count). The molecular formula is C11H15N. The summed E-state index contributed by atoms with van der Waals surface area (Å²) in [6.07, 6.45) is 2.01. The lowest BCUT2D eigenvalue weighted by atomic mass is 10.1. The van der Waals surface area contributed by atoms with E-state index in [1.165, 1.54) is 16.7 Å². The number of hydrogen-bond acceptors (Lipinski definition) is 1. The molecule has 0 aliphatic heterocycles. The molecule has 0 saturated carbocycles. The Bertz CT molecular complexity index is 287. The Morgan fingerprint density at radius 2 is 2.17 bits per heavy atom. The standard InChI is InChI=1S/C11H15N/c1-9-5-4-6-11(7-9)10(2)8-12-3/h4-8,12H,1-3H3/b10-8+. The Kier molecular flexibility index (Phi) is 2.92. The summed E-state index contributed by atoms with van der Waals surface area (Å²) in [6, 6.07) is 8.49. The Hall–Kier alpha value is -1.24. The molecule has 0 radical (unpaired) electrons. The third-order valence-corrected chi connectivity index (χ3v) is 1.83. The molecule has 0 spiro atoms. The lowest BCUT2D eigenvalue weighted by Crippen LogP contribution is -1.94. The molecule has 0 aromatic heterocycles. The Balaban J connectivity index is 2.95. The van der Waals surface area contributed by atoms with Gasteiger partial charge in [-0.05, 0) is 31.2 Å². The van der Waals surface area contributed by atoms with Crippen molar-refractivity contribution >= 4 is 5.57 Å². The van der Waals surface area contributed by atoms with Crippen LogP contribution >= 0.6 is 0 Å². The summed E-state index contributed by atoms with van der Waals surface area (Å²) in [5.74, 6) is 0. The normalized spacial score (nSPS) is 11.4. The molecule has 0 atom stereocenters. The molecule has 0 heterocycles. The topological polar surface area (TPSA) is 12.0 Å². The van der Waals surface area contributed by atoms with Crippen LogP contribution in [0, 0.1) is 6.92 Å². The summed E-state index contributed by atoms with van der Waals surface area (Å²) in [6.45, 7) is 4.21. The Morgan fingerprint density at radius 1 is 1.42 bits per heavy atom. The highest BCUT2D eigenvalue weighted by Crippen LogP contribution is 2.13. The maximum Gasteiger partial charge on any atom is 0.00278 e. The van der Waals surface area contributed by atoms with Crippen LogP contribution in [-0.4, -0.2) is 7.05 Å². The average Bonchev–Trinajstić information content (AvgIpc) is 2.05. The Labute approximate surface area is 74.1 Å². The first kappa shape index (κ1) is 8.85. The highest BCUT2D eigenvalue weighted by atomic mass is 14.8. The maximum absolute atomic E-state index is 3.02. The van der Waals surface area contributed by atoms with Crippen molar-refractivity contribution in [1.29, 1.82) is 0 Å². The van der Waals surface area contributed by atoms with E-state index in [0.717, 1.165) is 0 Å². The van der Waals surface area contributed by atoms with Crippen LogP contribution in [0.1, 0.15) is 18.1 Å². The van der Waals surface area contributed by atoms with Crippen LogP contribution in [0.4, 0.5) is 0 Å². The van der Waals surface area contributed by atoms with Crippen LogP contribution in [0.15, 0.2) is 30.5 Å². The van der Waals surface area contributed by atoms with Crippen molar-refractivity contribution in [2.75, 3.05) is 7.05 Å². The molecule has 1 aromatic carbocycles. The van der Waals surface area contributed by atoms with Crippen LogP contribution in [0.2, 0.25) is 0 Å². The molecule has 0 aliphatic carbocycles. The van der Waals surface area contributed by atoms with Gasteiger partial charge >= 0.3 is 0 Å². The highest BCUT2D eigenvalue weighted by Gasteiger charge is 1.93. The van der Waals surface area contributed by atoms with Gasteiger partial charge in [-0.1, -0.05) is 29.8 Å². The second kappa shape index (κ2) is 3.96. The molecule has 12 heavy (non-hydrogen) atoms. The first-order valence-electron chi connectivity index (χ1n) is 4.15. The smallest absolute Gasteiger partial charge is 0.00278 e. The molecular weight excluding hydrogens is 146 g/mol. The maximum atomic E-state index is 3.02. The molecule has 1 aromatic rings. The number of nitrogens with one attached hydrogen (secondary N) is 1. The van der Waals surface area contributed by atoms with Crippen LogP contribution in [0.25, 0.3) is 5.57 Å². The van der Waals surface area contributed by atoms with Gasteiger partial charge in [-0.25, -0.2) is 0 Å². The van der Waals surface area contributed by atoms with Gasteiger partial charge in [0, 0.05) is 7.05 Å². The van der Waals surface area contributed by atoms with Gasteiger partial charge in [0.15, 0.2) is 0 Å². The molecule has 0 fully saturated rings. The molecule has 0 aliphatic rings. The molecule has 64 valence electrons. The molecule has 1 heteroatoms. The van der Waals surface area contributed by atoms with Gasteiger partial charge in [-0.15, -0.1) is 0 Å². The van der Waals surface area contributed by atoms with E-state index in [9.17, 15) is 0 Å². The third-order valence-electron chi connectivity index (χ3n) is 1.83. The average molecular weight is 161 g/mol. The number of aryl methyl sites for hydroxylation is 1. The van der Waals surface area contributed by atoms with Gasteiger partial charge in [0.25, 0.3) is 0 Å². The predicted molar refractivity (Wildman–Crippen MR) is 53.9 cm³/mol. The zero-order valence-electron chi connectivity index (χ0n) is 7.89. The number of allylic oxidation sites excluding steroid dienone is 1. The fourth-order valence-corrected chi connectivity index (χ4v) is 1.19. The molecule has 0 saturated heterocycles. The van der Waals surface area contributed by atoms with Crippen molar-refractivity contribution in [2.45, 2.75) is 13.8 Å². The van der Waals surface area contributed by atoms with Gasteiger partial charge in [0.1, 0.15) is 0 Å². The zero-order chi connectivity index (χ0) is 8.97. The first-order valence-corrected chi connectivity index (χ1v) is 4.15. The van der Waals surface area contributed by atoms with E-state index in [1.807, 2.05) is 13.2 Å². The van der Waals surface area contributed by atoms with Crippen molar-refractivity contribution in [1.82, 2.24) is 5.32 Å². The quantitative estimate of drug-likeness (QED) is 0.703. The minimum atomic E-state index is 1.27. The second-order valence-electron chi connectivity index (χ2n) is 2.99. The van der Waals surface area contributed by atoms with Crippen molar-refractivity contribution in [3.8, 4) is 0 Å². The van der Waals surface area contributed by atoms with E-state index in [2.05, 4.69) is 43.4 Å². The zero-order valence-corrected chi connectivity index (χ0v) is 7.89. The van der Waals surface area contributed by atoms with Gasteiger partial charge in [0.05, 0.1) is 0 Å². The number of hydrogen-bond donors (Lipinski definition) is 1. The van der Waals surface area contributed by atoms with Crippen LogP contribution in [0.5, 0.6) is 0 Å². The summed E-state index contributed by atoms with van der Waals surface area (Å²) in [5.41, 5.74) is 3.85. The van der Waals surface area contributed by atoms with Crippen LogP contribution in [-0.2, 0) is 0 Å². The van der Waals surface area contributed by atoms with E-state index < -0.39 is 0 Å². The largest absolute Gasteiger partial charge is 0.394 e. The summed E-state index contributed by atoms with van der Waals surface area (Å²) in [5, 5.41) is 3.02. The van der Waals surface area contributed by atoms with E-state index in [-0.39, 0.29) is 0 Å². The molecule has 0 bridgehead atoms. The minimum absolute atomic E-state index is 1.27. The van der Waals surface area contributed by atoms with Gasteiger partial charge in [-0.2, -0.15) is 0 Å². The van der Waals surface area contributed by atoms with E-state index in [0.29, 0.717) is 0 Å². The fourth-order valence-electron chi connectivity index (χ4n) is 1.19. The van der Waals surface area contributed by atoms with Gasteiger partial charge in [-0.3, -0.25) is 0 Å². The lowest BCUT2D eigenvalue weighted by Gasteiger charge is -2.02. The van der Waals surface area contributed by atoms with Crippen molar-refractivity contribution in [3.05, 3.63) is 41.6 Å². The Morgan fingerprint density at radius 3 is 2.75 bits per heavy atom. The van der Waals surface area contributed by atoms with Gasteiger partial charge in [0.2, 0.25) is 0 Å². The predicted octanol–water partition coefficient (Wildman–Crippen LogP) is 2.58. The molecule has 1 nitrogen and oxygen atoms in total. The molecule has 1 N–H and O–H groups in total. The van der Waals surface area contributed by atoms with Crippen molar-refractivity contribution < 1.29 is 0 Å². The lowest BCUT2D eigenvalue weighted by molar-refractivity contribution is 1.10. The van der Waals surface area contributed by atoms with Crippen molar-refractivity contribution in [3.63, 3.8) is 0 Å². The highest BCUT2D eigenvalue weighted by molar-refractivity contribution is 5.63. The van der Waals surface area contributed by atoms with E-state index >= 15 is 0 Å². The minimum Gasteiger partial charge on any atom is -0.394 e. The summed E-state index contributed by atoms with van der Waals surface area (Å²) in [7, 11) is 1.92. The van der Waals surface area contributed by atoms with Gasteiger partial charge < -0.3 is 5.32 Å².